The zero-order chi connectivity index (χ0) is 13.6. The van der Waals surface area contributed by atoms with Crippen molar-refractivity contribution in [2.45, 2.75) is 52.4 Å². The summed E-state index contributed by atoms with van der Waals surface area (Å²) in [6, 6.07) is 9.25. The molecule has 0 spiro atoms. The lowest BCUT2D eigenvalue weighted by Gasteiger charge is -2.16. The van der Waals surface area contributed by atoms with Gasteiger partial charge in [-0.2, -0.15) is 0 Å². The largest absolute Gasteiger partial charge is 0.162 e. The van der Waals surface area contributed by atoms with Crippen molar-refractivity contribution in [3.05, 3.63) is 24.3 Å². The van der Waals surface area contributed by atoms with Gasteiger partial charge in [-0.3, -0.25) is 0 Å². The molecule has 97 valence electrons. The van der Waals surface area contributed by atoms with Gasteiger partial charge in [-0.15, -0.1) is 11.5 Å². The van der Waals surface area contributed by atoms with Gasteiger partial charge in [0.25, 0.3) is 0 Å². The van der Waals surface area contributed by atoms with E-state index >= 15 is 0 Å². The number of benzene rings is 1. The van der Waals surface area contributed by atoms with E-state index in [0.717, 1.165) is 6.42 Å². The van der Waals surface area contributed by atoms with Gasteiger partial charge in [-0.1, -0.05) is 69.0 Å². The first-order chi connectivity index (χ1) is 8.47. The Morgan fingerprint density at radius 3 is 2.22 bits per heavy atom. The summed E-state index contributed by atoms with van der Waals surface area (Å²) >= 11 is 0. The van der Waals surface area contributed by atoms with Crippen molar-refractivity contribution in [3.63, 3.8) is 0 Å². The summed E-state index contributed by atoms with van der Waals surface area (Å²) < 4.78 is 0. The van der Waals surface area contributed by atoms with Gasteiger partial charge in [0.15, 0.2) is 8.07 Å². The Kier molecular flexibility index (Phi) is 5.91. The van der Waals surface area contributed by atoms with E-state index in [0.29, 0.717) is 0 Å². The lowest BCUT2D eigenvalue weighted by molar-refractivity contribution is 0.828. The van der Waals surface area contributed by atoms with E-state index in [1.165, 1.54) is 23.2 Å². The average molecular weight is 274 g/mol. The molecular formula is C16H25Si2. The molecule has 0 bridgehead atoms. The second-order valence-corrected chi connectivity index (χ2v) is 12.3. The standard InChI is InChI=1S/C16H25Si2/c1-6-7-8-9-14-18(4,5)16-12-10-15(11-13-16)17(2)3/h10-13H,6-8H2,1-5H3. The predicted molar refractivity (Wildman–Crippen MR) is 88.0 cm³/mol. The van der Waals surface area contributed by atoms with E-state index in [2.05, 4.69) is 68.8 Å². The summed E-state index contributed by atoms with van der Waals surface area (Å²) in [4.78, 5) is 0. The van der Waals surface area contributed by atoms with Crippen LogP contribution in [0.15, 0.2) is 24.3 Å². The minimum absolute atomic E-state index is 0.318. The van der Waals surface area contributed by atoms with E-state index < -0.39 is 8.07 Å². The molecule has 0 saturated carbocycles. The highest BCUT2D eigenvalue weighted by molar-refractivity contribution is 6.96. The smallest absolute Gasteiger partial charge is 0.126 e. The third kappa shape index (κ3) is 4.47. The van der Waals surface area contributed by atoms with Crippen molar-refractivity contribution in [2.75, 3.05) is 0 Å². The van der Waals surface area contributed by atoms with Gasteiger partial charge in [0.05, 0.1) is 8.80 Å². The van der Waals surface area contributed by atoms with Crippen molar-refractivity contribution >= 4 is 27.2 Å². The molecule has 0 aliphatic carbocycles. The van der Waals surface area contributed by atoms with Crippen LogP contribution >= 0.6 is 0 Å². The molecule has 0 fully saturated rings. The highest BCUT2D eigenvalue weighted by Gasteiger charge is 2.20. The van der Waals surface area contributed by atoms with E-state index in [-0.39, 0.29) is 8.80 Å². The Morgan fingerprint density at radius 2 is 1.72 bits per heavy atom. The molecule has 2 heteroatoms. The zero-order valence-electron chi connectivity index (χ0n) is 12.4. The van der Waals surface area contributed by atoms with Gasteiger partial charge in [0, 0.05) is 6.42 Å². The van der Waals surface area contributed by atoms with Crippen LogP contribution in [0.25, 0.3) is 0 Å². The number of hydrogen-bond acceptors (Lipinski definition) is 0. The minimum Gasteiger partial charge on any atom is -0.126 e. The number of rotatable bonds is 4. The highest BCUT2D eigenvalue weighted by Crippen LogP contribution is 2.02. The summed E-state index contributed by atoms with van der Waals surface area (Å²) in [5, 5.41) is 2.99. The molecule has 0 aliphatic rings. The molecule has 1 radical (unpaired) electrons. The molecular weight excluding hydrogens is 248 g/mol. The van der Waals surface area contributed by atoms with Gasteiger partial charge in [0.2, 0.25) is 0 Å². The summed E-state index contributed by atoms with van der Waals surface area (Å²) in [5.74, 6) is 3.38. The molecule has 0 unspecified atom stereocenters. The summed E-state index contributed by atoms with van der Waals surface area (Å²) in [6.45, 7) is 11.6. The fourth-order valence-electron chi connectivity index (χ4n) is 1.84. The van der Waals surface area contributed by atoms with Crippen LogP contribution in [0.3, 0.4) is 0 Å². The fraction of sp³-hybridized carbons (Fsp3) is 0.500. The first-order valence-electron chi connectivity index (χ1n) is 6.88. The highest BCUT2D eigenvalue weighted by atomic mass is 28.3. The van der Waals surface area contributed by atoms with E-state index in [1.54, 1.807) is 0 Å². The Labute approximate surface area is 115 Å². The maximum absolute atomic E-state index is 3.56. The Hall–Kier alpha value is -0.786. The summed E-state index contributed by atoms with van der Waals surface area (Å²) in [7, 11) is -1.85. The second-order valence-electron chi connectivity index (χ2n) is 5.61. The monoisotopic (exact) mass is 273 g/mol. The molecule has 1 aromatic carbocycles. The molecule has 18 heavy (non-hydrogen) atoms. The normalized spacial score (nSPS) is 11.2. The van der Waals surface area contributed by atoms with Gasteiger partial charge in [-0.25, -0.2) is 0 Å². The van der Waals surface area contributed by atoms with Crippen molar-refractivity contribution in [1.82, 2.24) is 0 Å². The Bertz CT molecular complexity index is 419. The Balaban J connectivity index is 2.80. The molecule has 0 atom stereocenters. The molecule has 0 amide bonds. The molecule has 1 rings (SSSR count). The van der Waals surface area contributed by atoms with Crippen LogP contribution in [0.1, 0.15) is 26.2 Å². The van der Waals surface area contributed by atoms with Crippen LogP contribution in [0.2, 0.25) is 26.2 Å². The number of hydrogen-bond donors (Lipinski definition) is 0. The van der Waals surface area contributed by atoms with Crippen molar-refractivity contribution < 1.29 is 0 Å². The van der Waals surface area contributed by atoms with E-state index in [4.69, 9.17) is 0 Å². The zero-order valence-corrected chi connectivity index (χ0v) is 14.4. The summed E-state index contributed by atoms with van der Waals surface area (Å²) in [5.41, 5.74) is 3.56. The third-order valence-corrected chi connectivity index (χ3v) is 7.31. The van der Waals surface area contributed by atoms with Gasteiger partial charge in [0.1, 0.15) is 0 Å². The van der Waals surface area contributed by atoms with Crippen LogP contribution in [0, 0.1) is 11.5 Å². The predicted octanol–water partition coefficient (Wildman–Crippen LogP) is 3.30. The fourth-order valence-corrected chi connectivity index (χ4v) is 4.39. The van der Waals surface area contributed by atoms with Crippen molar-refractivity contribution in [3.8, 4) is 11.5 Å². The molecule has 1 aromatic rings. The number of unbranched alkanes of at least 4 members (excludes halogenated alkanes) is 2. The molecule has 0 N–H and O–H groups in total. The van der Waals surface area contributed by atoms with Gasteiger partial charge < -0.3 is 0 Å². The first kappa shape index (κ1) is 15.3. The van der Waals surface area contributed by atoms with E-state index in [9.17, 15) is 0 Å². The van der Waals surface area contributed by atoms with Crippen LogP contribution in [-0.2, 0) is 0 Å². The van der Waals surface area contributed by atoms with Gasteiger partial charge in [-0.05, 0) is 11.6 Å². The van der Waals surface area contributed by atoms with Crippen molar-refractivity contribution in [1.29, 1.82) is 0 Å². The quantitative estimate of drug-likeness (QED) is 0.449. The molecule has 0 saturated heterocycles. The Morgan fingerprint density at radius 1 is 1.11 bits per heavy atom. The molecule has 0 heterocycles. The third-order valence-electron chi connectivity index (χ3n) is 3.24. The summed E-state index contributed by atoms with van der Waals surface area (Å²) in [6.07, 6.45) is 3.53. The maximum atomic E-state index is 3.56. The van der Waals surface area contributed by atoms with Crippen LogP contribution in [0.5, 0.6) is 0 Å². The second kappa shape index (κ2) is 6.96. The van der Waals surface area contributed by atoms with E-state index in [1.807, 2.05) is 0 Å². The van der Waals surface area contributed by atoms with Crippen LogP contribution in [0.4, 0.5) is 0 Å². The minimum atomic E-state index is -1.54. The van der Waals surface area contributed by atoms with Gasteiger partial charge >= 0.3 is 0 Å². The average Bonchev–Trinajstić information content (AvgIpc) is 2.35. The topological polar surface area (TPSA) is 0 Å². The lowest BCUT2D eigenvalue weighted by Crippen LogP contribution is -2.41. The molecule has 0 nitrogen and oxygen atoms in total. The first-order valence-corrected chi connectivity index (χ1v) is 12.4. The van der Waals surface area contributed by atoms with Crippen LogP contribution in [-0.4, -0.2) is 16.9 Å². The van der Waals surface area contributed by atoms with Crippen molar-refractivity contribution in [2.24, 2.45) is 0 Å². The lowest BCUT2D eigenvalue weighted by atomic mass is 10.3. The molecule has 0 aliphatic heterocycles. The SMILES string of the molecule is CCCCC#C[Si](C)(C)c1ccc([Si](C)C)cc1. The van der Waals surface area contributed by atoms with Crippen LogP contribution < -0.4 is 10.4 Å². The molecule has 0 aromatic heterocycles. The maximum Gasteiger partial charge on any atom is 0.162 e.